The highest BCUT2D eigenvalue weighted by molar-refractivity contribution is 8.01. The van der Waals surface area contributed by atoms with Gasteiger partial charge in [0.15, 0.2) is 4.34 Å². The van der Waals surface area contributed by atoms with E-state index in [1.54, 1.807) is 17.0 Å². The molecule has 2 saturated carbocycles. The summed E-state index contributed by atoms with van der Waals surface area (Å²) in [6, 6.07) is 6.40. The third kappa shape index (κ3) is 4.52. The molecule has 9 heteroatoms. The van der Waals surface area contributed by atoms with Crippen LogP contribution in [0.1, 0.15) is 49.8 Å². The van der Waals surface area contributed by atoms with Crippen molar-refractivity contribution in [3.8, 4) is 0 Å². The first-order valence-corrected chi connectivity index (χ1v) is 11.1. The Bertz CT molecular complexity index is 865. The quantitative estimate of drug-likeness (QED) is 0.521. The fraction of sp³-hybridized carbons (Fsp3) is 0.474. The molecule has 2 aromatic rings. The normalized spacial score (nSPS) is 17.2. The largest absolute Gasteiger partial charge is 0.352 e. The maximum atomic E-state index is 13.3. The van der Waals surface area contributed by atoms with E-state index in [0.29, 0.717) is 21.5 Å². The van der Waals surface area contributed by atoms with Crippen molar-refractivity contribution in [2.45, 2.75) is 60.7 Å². The minimum Gasteiger partial charge on any atom is -0.352 e. The molecule has 2 aliphatic carbocycles. The first-order valence-electron chi connectivity index (χ1n) is 9.43. The summed E-state index contributed by atoms with van der Waals surface area (Å²) in [4.78, 5) is 26.8. The molecule has 2 fully saturated rings. The van der Waals surface area contributed by atoms with Crippen LogP contribution < -0.4 is 10.2 Å². The van der Waals surface area contributed by atoms with Crippen LogP contribution in [0, 0.1) is 5.82 Å². The molecule has 1 heterocycles. The van der Waals surface area contributed by atoms with Crippen molar-refractivity contribution >= 4 is 40.0 Å². The third-order valence-corrected chi connectivity index (χ3v) is 6.90. The molecule has 28 heavy (non-hydrogen) atoms. The van der Waals surface area contributed by atoms with Crippen molar-refractivity contribution in [2.75, 3.05) is 4.90 Å². The molecule has 1 unspecified atom stereocenters. The van der Waals surface area contributed by atoms with E-state index in [-0.39, 0.29) is 29.7 Å². The van der Waals surface area contributed by atoms with Crippen molar-refractivity contribution in [1.29, 1.82) is 0 Å². The second-order valence-corrected chi connectivity index (χ2v) is 9.34. The van der Waals surface area contributed by atoms with Crippen molar-refractivity contribution in [3.63, 3.8) is 0 Å². The molecule has 0 bridgehead atoms. The Morgan fingerprint density at radius 3 is 2.57 bits per heavy atom. The number of nitrogens with one attached hydrogen (secondary N) is 1. The lowest BCUT2D eigenvalue weighted by molar-refractivity contribution is -0.121. The van der Waals surface area contributed by atoms with E-state index < -0.39 is 5.25 Å². The predicted molar refractivity (Wildman–Crippen MR) is 107 cm³/mol. The highest BCUT2D eigenvalue weighted by Gasteiger charge is 2.36. The molecule has 1 N–H and O–H groups in total. The van der Waals surface area contributed by atoms with E-state index >= 15 is 0 Å². The van der Waals surface area contributed by atoms with Gasteiger partial charge in [0.1, 0.15) is 11.1 Å². The molecule has 6 nitrogen and oxygen atoms in total. The molecular formula is C19H21FN4O2S2. The van der Waals surface area contributed by atoms with Crippen molar-refractivity contribution in [1.82, 2.24) is 15.5 Å². The van der Waals surface area contributed by atoms with Crippen LogP contribution in [0.15, 0.2) is 28.6 Å². The number of benzene rings is 1. The maximum Gasteiger partial charge on any atom is 0.238 e. The predicted octanol–water partition coefficient (Wildman–Crippen LogP) is 3.69. The number of hydrogen-bond donors (Lipinski definition) is 1. The van der Waals surface area contributed by atoms with Crippen LogP contribution >= 0.6 is 23.1 Å². The molecule has 0 aliphatic heterocycles. The highest BCUT2D eigenvalue weighted by Crippen LogP contribution is 2.41. The van der Waals surface area contributed by atoms with Crippen LogP contribution in [-0.4, -0.2) is 34.1 Å². The molecule has 0 radical (unpaired) electrons. The Hall–Kier alpha value is -2.00. The van der Waals surface area contributed by atoms with Gasteiger partial charge in [0, 0.05) is 18.5 Å². The summed E-state index contributed by atoms with van der Waals surface area (Å²) in [6.07, 6.45) is 4.36. The fourth-order valence-corrected chi connectivity index (χ4v) is 4.96. The van der Waals surface area contributed by atoms with Gasteiger partial charge in [-0.3, -0.25) is 14.5 Å². The molecule has 4 rings (SSSR count). The van der Waals surface area contributed by atoms with Gasteiger partial charge in [-0.15, -0.1) is 10.2 Å². The number of nitrogens with zero attached hydrogens (tertiary/aromatic N) is 3. The number of hydrogen-bond acceptors (Lipinski definition) is 6. The maximum absolute atomic E-state index is 13.3. The Morgan fingerprint density at radius 2 is 1.96 bits per heavy atom. The summed E-state index contributed by atoms with van der Waals surface area (Å²) in [6.45, 7) is 1.83. The van der Waals surface area contributed by atoms with Gasteiger partial charge in [0.2, 0.25) is 16.9 Å². The molecule has 1 aromatic carbocycles. The molecule has 2 amide bonds. The van der Waals surface area contributed by atoms with Gasteiger partial charge in [-0.05, 0) is 43.4 Å². The minimum absolute atomic E-state index is 0.0387. The molecule has 1 aromatic heterocycles. The topological polar surface area (TPSA) is 75.2 Å². The summed E-state index contributed by atoms with van der Waals surface area (Å²) in [5, 5.41) is 11.5. The number of thioether (sulfide) groups is 1. The van der Waals surface area contributed by atoms with Gasteiger partial charge >= 0.3 is 0 Å². The van der Waals surface area contributed by atoms with Crippen LogP contribution in [0.25, 0.3) is 0 Å². The molecule has 1 atom stereocenters. The van der Waals surface area contributed by atoms with E-state index in [9.17, 15) is 14.0 Å². The Labute approximate surface area is 170 Å². The zero-order valence-electron chi connectivity index (χ0n) is 15.4. The zero-order valence-corrected chi connectivity index (χ0v) is 17.1. The molecular weight excluding hydrogens is 399 g/mol. The van der Waals surface area contributed by atoms with Crippen molar-refractivity contribution in [3.05, 3.63) is 35.6 Å². The van der Waals surface area contributed by atoms with Gasteiger partial charge in [0.25, 0.3) is 0 Å². The average molecular weight is 421 g/mol. The molecule has 0 saturated heterocycles. The van der Waals surface area contributed by atoms with Crippen molar-refractivity contribution in [2.24, 2.45) is 0 Å². The summed E-state index contributed by atoms with van der Waals surface area (Å²) in [5.74, 6) is -0.414. The molecule has 0 spiro atoms. The second-order valence-electron chi connectivity index (χ2n) is 7.03. The lowest BCUT2D eigenvalue weighted by Gasteiger charge is -2.17. The summed E-state index contributed by atoms with van der Waals surface area (Å²) < 4.78 is 13.9. The monoisotopic (exact) mass is 420 g/mol. The zero-order chi connectivity index (χ0) is 19.7. The van der Waals surface area contributed by atoms with Gasteiger partial charge in [-0.2, -0.15) is 0 Å². The van der Waals surface area contributed by atoms with Crippen molar-refractivity contribution < 1.29 is 14.0 Å². The van der Waals surface area contributed by atoms with Gasteiger partial charge in [0.05, 0.1) is 0 Å². The Kier molecular flexibility index (Phi) is 5.63. The lowest BCUT2D eigenvalue weighted by atomic mass is 10.1. The first-order chi connectivity index (χ1) is 13.5. The average Bonchev–Trinajstić information content (AvgIpc) is 3.61. The standard InChI is InChI=1S/C19H21FN4O2S2/c1-2-15(25)24(14-9-10-14)18-22-23-19(28-18)27-16(17(26)21-13-7-8-13)11-3-5-12(20)6-4-11/h3-6,13-14,16H,2,7-10H2,1H3,(H,21,26). The van der Waals surface area contributed by atoms with Gasteiger partial charge in [-0.1, -0.05) is 42.2 Å². The summed E-state index contributed by atoms with van der Waals surface area (Å²) in [7, 11) is 0. The third-order valence-electron chi connectivity index (χ3n) is 4.64. The Balaban J connectivity index is 1.54. The number of halogens is 1. The van der Waals surface area contributed by atoms with Crippen LogP contribution in [0.5, 0.6) is 0 Å². The van der Waals surface area contributed by atoms with E-state index in [0.717, 1.165) is 25.7 Å². The van der Waals surface area contributed by atoms with Crippen LogP contribution in [0.2, 0.25) is 0 Å². The van der Waals surface area contributed by atoms with E-state index in [2.05, 4.69) is 15.5 Å². The Morgan fingerprint density at radius 1 is 1.25 bits per heavy atom. The number of aromatic nitrogens is 2. The van der Waals surface area contributed by atoms with Crippen LogP contribution in [0.3, 0.4) is 0 Å². The number of amides is 2. The number of rotatable bonds is 8. The van der Waals surface area contributed by atoms with Gasteiger partial charge < -0.3 is 5.32 Å². The smallest absolute Gasteiger partial charge is 0.238 e. The second kappa shape index (κ2) is 8.16. The first kappa shape index (κ1) is 19.3. The van der Waals surface area contributed by atoms with E-state index in [1.807, 2.05) is 6.92 Å². The highest BCUT2D eigenvalue weighted by atomic mass is 32.2. The van der Waals surface area contributed by atoms with Gasteiger partial charge in [-0.25, -0.2) is 4.39 Å². The minimum atomic E-state index is -0.543. The number of carbonyl (C=O) groups is 2. The van der Waals surface area contributed by atoms with Crippen LogP contribution in [0.4, 0.5) is 9.52 Å². The molecule has 2 aliphatic rings. The molecule has 148 valence electrons. The number of carbonyl (C=O) groups excluding carboxylic acids is 2. The summed E-state index contributed by atoms with van der Waals surface area (Å²) in [5.41, 5.74) is 0.713. The summed E-state index contributed by atoms with van der Waals surface area (Å²) >= 11 is 2.61. The fourth-order valence-electron chi connectivity index (χ4n) is 2.83. The lowest BCUT2D eigenvalue weighted by Crippen LogP contribution is -2.32. The van der Waals surface area contributed by atoms with E-state index in [4.69, 9.17) is 0 Å². The number of anilines is 1. The van der Waals surface area contributed by atoms with E-state index in [1.165, 1.54) is 35.2 Å². The SMILES string of the molecule is CCC(=O)N(c1nnc(SC(C(=O)NC2CC2)c2ccc(F)cc2)s1)C1CC1. The van der Waals surface area contributed by atoms with Crippen LogP contribution in [-0.2, 0) is 9.59 Å².